The van der Waals surface area contributed by atoms with E-state index in [9.17, 15) is 0 Å². The van der Waals surface area contributed by atoms with Crippen LogP contribution < -0.4 is 20.5 Å². The highest BCUT2D eigenvalue weighted by molar-refractivity contribution is 5.51. The number of para-hydroxylation sites is 1. The summed E-state index contributed by atoms with van der Waals surface area (Å²) >= 11 is 0. The van der Waals surface area contributed by atoms with Crippen LogP contribution >= 0.6 is 0 Å². The zero-order valence-corrected chi connectivity index (χ0v) is 11.8. The fraction of sp³-hybridized carbons (Fsp3) is 0.250. The highest BCUT2D eigenvalue weighted by Crippen LogP contribution is 2.28. The maximum Gasteiger partial charge on any atom is 0.124 e. The normalized spacial score (nSPS) is 11.8. The molecule has 0 radical (unpaired) electrons. The predicted molar refractivity (Wildman–Crippen MR) is 81.4 cm³/mol. The van der Waals surface area contributed by atoms with Gasteiger partial charge in [0.15, 0.2) is 0 Å². The summed E-state index contributed by atoms with van der Waals surface area (Å²) in [6.45, 7) is 0.470. The SMILES string of the molecule is COc1cccc(NC(CN)c2ccccc2OC)c1. The lowest BCUT2D eigenvalue weighted by molar-refractivity contribution is 0.407. The predicted octanol–water partition coefficient (Wildman–Crippen LogP) is 2.82. The van der Waals surface area contributed by atoms with Gasteiger partial charge in [-0.25, -0.2) is 0 Å². The van der Waals surface area contributed by atoms with Gasteiger partial charge in [0.2, 0.25) is 0 Å². The number of nitrogens with one attached hydrogen (secondary N) is 1. The van der Waals surface area contributed by atoms with Gasteiger partial charge in [-0.1, -0.05) is 24.3 Å². The highest BCUT2D eigenvalue weighted by atomic mass is 16.5. The molecule has 0 saturated carbocycles. The first-order valence-electron chi connectivity index (χ1n) is 6.52. The first kappa shape index (κ1) is 14.2. The number of rotatable bonds is 6. The second-order valence-corrected chi connectivity index (χ2v) is 4.41. The number of anilines is 1. The van der Waals surface area contributed by atoms with Crippen molar-refractivity contribution in [1.29, 1.82) is 0 Å². The Kier molecular flexibility index (Phi) is 4.85. The molecule has 20 heavy (non-hydrogen) atoms. The molecule has 3 N–H and O–H groups in total. The van der Waals surface area contributed by atoms with Crippen molar-refractivity contribution in [2.75, 3.05) is 26.1 Å². The average molecular weight is 272 g/mol. The second-order valence-electron chi connectivity index (χ2n) is 4.41. The molecule has 0 bridgehead atoms. The lowest BCUT2D eigenvalue weighted by atomic mass is 10.1. The Morgan fingerprint density at radius 1 is 1.05 bits per heavy atom. The van der Waals surface area contributed by atoms with Crippen molar-refractivity contribution in [3.05, 3.63) is 54.1 Å². The van der Waals surface area contributed by atoms with Crippen LogP contribution in [-0.4, -0.2) is 20.8 Å². The third kappa shape index (κ3) is 3.22. The van der Waals surface area contributed by atoms with Gasteiger partial charge in [0.25, 0.3) is 0 Å². The minimum atomic E-state index is -0.0155. The first-order valence-corrected chi connectivity index (χ1v) is 6.52. The van der Waals surface area contributed by atoms with Gasteiger partial charge in [-0.05, 0) is 18.2 Å². The number of hydrogen-bond donors (Lipinski definition) is 2. The monoisotopic (exact) mass is 272 g/mol. The Morgan fingerprint density at radius 3 is 2.55 bits per heavy atom. The van der Waals surface area contributed by atoms with Crippen LogP contribution in [0.3, 0.4) is 0 Å². The molecule has 0 aliphatic rings. The fourth-order valence-corrected chi connectivity index (χ4v) is 2.13. The molecule has 2 aromatic rings. The van der Waals surface area contributed by atoms with Gasteiger partial charge < -0.3 is 20.5 Å². The molecule has 4 heteroatoms. The average Bonchev–Trinajstić information content (AvgIpc) is 2.52. The minimum absolute atomic E-state index is 0.0155. The zero-order chi connectivity index (χ0) is 14.4. The Balaban J connectivity index is 2.24. The quantitative estimate of drug-likeness (QED) is 0.849. The highest BCUT2D eigenvalue weighted by Gasteiger charge is 2.14. The standard InChI is InChI=1S/C16H20N2O2/c1-19-13-7-5-6-12(10-13)18-15(11-17)14-8-3-4-9-16(14)20-2/h3-10,15,18H,11,17H2,1-2H3. The van der Waals surface area contributed by atoms with Gasteiger partial charge in [0, 0.05) is 23.9 Å². The number of nitrogens with two attached hydrogens (primary N) is 1. The molecule has 0 aliphatic carbocycles. The van der Waals surface area contributed by atoms with Crippen molar-refractivity contribution in [2.24, 2.45) is 5.73 Å². The summed E-state index contributed by atoms with van der Waals surface area (Å²) in [6.07, 6.45) is 0. The summed E-state index contributed by atoms with van der Waals surface area (Å²) in [5.41, 5.74) is 7.90. The smallest absolute Gasteiger partial charge is 0.124 e. The maximum absolute atomic E-state index is 5.90. The van der Waals surface area contributed by atoms with Crippen molar-refractivity contribution in [1.82, 2.24) is 0 Å². The Hall–Kier alpha value is -2.20. The van der Waals surface area contributed by atoms with Gasteiger partial charge >= 0.3 is 0 Å². The van der Waals surface area contributed by atoms with Crippen LogP contribution in [-0.2, 0) is 0 Å². The maximum atomic E-state index is 5.90. The number of hydrogen-bond acceptors (Lipinski definition) is 4. The summed E-state index contributed by atoms with van der Waals surface area (Å²) in [6, 6.07) is 15.6. The summed E-state index contributed by atoms with van der Waals surface area (Å²) in [4.78, 5) is 0. The van der Waals surface area contributed by atoms with E-state index in [-0.39, 0.29) is 6.04 Å². The van der Waals surface area contributed by atoms with Gasteiger partial charge in [0.05, 0.1) is 20.3 Å². The molecule has 4 nitrogen and oxygen atoms in total. The molecule has 2 aromatic carbocycles. The largest absolute Gasteiger partial charge is 0.497 e. The Bertz CT molecular complexity index is 558. The van der Waals surface area contributed by atoms with E-state index < -0.39 is 0 Å². The van der Waals surface area contributed by atoms with Gasteiger partial charge in [-0.15, -0.1) is 0 Å². The van der Waals surface area contributed by atoms with Gasteiger partial charge in [0.1, 0.15) is 11.5 Å². The molecule has 0 heterocycles. The van der Waals surface area contributed by atoms with Crippen LogP contribution in [0, 0.1) is 0 Å². The van der Waals surface area contributed by atoms with Crippen molar-refractivity contribution >= 4 is 5.69 Å². The first-order chi connectivity index (χ1) is 9.78. The topological polar surface area (TPSA) is 56.5 Å². The molecule has 0 saturated heterocycles. The van der Waals surface area contributed by atoms with E-state index in [0.29, 0.717) is 6.54 Å². The number of methoxy groups -OCH3 is 2. The van der Waals surface area contributed by atoms with E-state index in [1.165, 1.54) is 0 Å². The lowest BCUT2D eigenvalue weighted by Gasteiger charge is -2.21. The Labute approximate surface area is 119 Å². The molecule has 106 valence electrons. The molecule has 1 atom stereocenters. The summed E-state index contributed by atoms with van der Waals surface area (Å²) < 4.78 is 10.6. The van der Waals surface area contributed by atoms with Crippen LogP contribution in [0.4, 0.5) is 5.69 Å². The van der Waals surface area contributed by atoms with Crippen molar-refractivity contribution < 1.29 is 9.47 Å². The molecule has 2 rings (SSSR count). The van der Waals surface area contributed by atoms with E-state index in [1.54, 1.807) is 14.2 Å². The molecule has 1 unspecified atom stereocenters. The minimum Gasteiger partial charge on any atom is -0.497 e. The Morgan fingerprint density at radius 2 is 1.85 bits per heavy atom. The van der Waals surface area contributed by atoms with Gasteiger partial charge in [-0.2, -0.15) is 0 Å². The van der Waals surface area contributed by atoms with Crippen LogP contribution in [0.1, 0.15) is 11.6 Å². The van der Waals surface area contributed by atoms with Crippen LogP contribution in [0.25, 0.3) is 0 Å². The van der Waals surface area contributed by atoms with E-state index in [0.717, 1.165) is 22.7 Å². The summed E-state index contributed by atoms with van der Waals surface area (Å²) in [7, 11) is 3.32. The van der Waals surface area contributed by atoms with Crippen LogP contribution in [0.2, 0.25) is 0 Å². The number of ether oxygens (including phenoxy) is 2. The molecule has 0 spiro atoms. The van der Waals surface area contributed by atoms with Crippen LogP contribution in [0.15, 0.2) is 48.5 Å². The lowest BCUT2D eigenvalue weighted by Crippen LogP contribution is -2.21. The van der Waals surface area contributed by atoms with Crippen molar-refractivity contribution in [2.45, 2.75) is 6.04 Å². The van der Waals surface area contributed by atoms with Crippen molar-refractivity contribution in [3.63, 3.8) is 0 Å². The summed E-state index contributed by atoms with van der Waals surface area (Å²) in [5, 5.41) is 3.41. The number of benzene rings is 2. The molecule has 0 aromatic heterocycles. The third-order valence-corrected chi connectivity index (χ3v) is 3.16. The molecule has 0 aliphatic heterocycles. The zero-order valence-electron chi connectivity index (χ0n) is 11.8. The molecular formula is C16H20N2O2. The second kappa shape index (κ2) is 6.82. The molecular weight excluding hydrogens is 252 g/mol. The van der Waals surface area contributed by atoms with E-state index >= 15 is 0 Å². The van der Waals surface area contributed by atoms with E-state index in [4.69, 9.17) is 15.2 Å². The molecule has 0 amide bonds. The van der Waals surface area contributed by atoms with E-state index in [1.807, 2.05) is 48.5 Å². The van der Waals surface area contributed by atoms with Crippen molar-refractivity contribution in [3.8, 4) is 11.5 Å². The van der Waals surface area contributed by atoms with Crippen LogP contribution in [0.5, 0.6) is 11.5 Å². The fourth-order valence-electron chi connectivity index (χ4n) is 2.13. The van der Waals surface area contributed by atoms with E-state index in [2.05, 4.69) is 5.32 Å². The third-order valence-electron chi connectivity index (χ3n) is 3.16. The van der Waals surface area contributed by atoms with Gasteiger partial charge in [-0.3, -0.25) is 0 Å². The molecule has 0 fully saturated rings. The summed E-state index contributed by atoms with van der Waals surface area (Å²) in [5.74, 6) is 1.64.